The zero-order chi connectivity index (χ0) is 13.2. The molecule has 100 valence electrons. The molecule has 0 amide bonds. The first-order valence-electron chi connectivity index (χ1n) is 6.81. The first-order chi connectivity index (χ1) is 8.48. The van der Waals surface area contributed by atoms with Crippen LogP contribution in [-0.2, 0) is 10.2 Å². The Labute approximate surface area is 119 Å². The van der Waals surface area contributed by atoms with Gasteiger partial charge in [0.05, 0.1) is 0 Å². The molecule has 1 aliphatic heterocycles. The standard InChI is InChI=1S/C16H23BrO/c1-16(2,3)14-6-4-12(5-7-14)15(17)13-8-10-18-11-9-13/h4-7,13,15H,8-11H2,1-3H3. The number of hydrogen-bond donors (Lipinski definition) is 0. The molecule has 2 rings (SSSR count). The van der Waals surface area contributed by atoms with E-state index in [2.05, 4.69) is 61.0 Å². The summed E-state index contributed by atoms with van der Waals surface area (Å²) in [6, 6.07) is 9.08. The van der Waals surface area contributed by atoms with Crippen LogP contribution in [0.15, 0.2) is 24.3 Å². The molecular weight excluding hydrogens is 288 g/mol. The molecule has 0 aliphatic carbocycles. The molecule has 1 nitrogen and oxygen atoms in total. The number of benzene rings is 1. The van der Waals surface area contributed by atoms with Gasteiger partial charge in [0.25, 0.3) is 0 Å². The summed E-state index contributed by atoms with van der Waals surface area (Å²) in [6.07, 6.45) is 2.33. The third-order valence-corrected chi connectivity index (χ3v) is 5.05. The van der Waals surface area contributed by atoms with Gasteiger partial charge in [0.2, 0.25) is 0 Å². The van der Waals surface area contributed by atoms with Crippen molar-refractivity contribution >= 4 is 15.9 Å². The summed E-state index contributed by atoms with van der Waals surface area (Å²) in [7, 11) is 0. The molecular formula is C16H23BrO. The van der Waals surface area contributed by atoms with Crippen LogP contribution in [0.4, 0.5) is 0 Å². The summed E-state index contributed by atoms with van der Waals surface area (Å²) in [6.45, 7) is 8.59. The van der Waals surface area contributed by atoms with E-state index in [1.165, 1.54) is 11.1 Å². The van der Waals surface area contributed by atoms with Crippen LogP contribution in [0.5, 0.6) is 0 Å². The molecule has 1 saturated heterocycles. The Morgan fingerprint density at radius 2 is 1.67 bits per heavy atom. The molecule has 1 fully saturated rings. The molecule has 2 heteroatoms. The average molecular weight is 311 g/mol. The minimum absolute atomic E-state index is 0.235. The lowest BCUT2D eigenvalue weighted by atomic mass is 9.85. The maximum absolute atomic E-state index is 5.43. The van der Waals surface area contributed by atoms with Gasteiger partial charge in [-0.1, -0.05) is 61.0 Å². The van der Waals surface area contributed by atoms with Crippen LogP contribution >= 0.6 is 15.9 Å². The molecule has 1 atom stereocenters. The average Bonchev–Trinajstić information content (AvgIpc) is 2.38. The Morgan fingerprint density at radius 1 is 1.11 bits per heavy atom. The molecule has 0 spiro atoms. The van der Waals surface area contributed by atoms with Crippen molar-refractivity contribution in [1.82, 2.24) is 0 Å². The van der Waals surface area contributed by atoms with Gasteiger partial charge < -0.3 is 4.74 Å². The molecule has 1 aromatic rings. The lowest BCUT2D eigenvalue weighted by molar-refractivity contribution is 0.0662. The number of rotatable bonds is 2. The minimum atomic E-state index is 0.235. The molecule has 0 bridgehead atoms. The van der Waals surface area contributed by atoms with E-state index in [0.29, 0.717) is 10.7 Å². The van der Waals surface area contributed by atoms with Gasteiger partial charge in [0.1, 0.15) is 0 Å². The predicted molar refractivity (Wildman–Crippen MR) is 80.4 cm³/mol. The third-order valence-electron chi connectivity index (χ3n) is 3.77. The highest BCUT2D eigenvalue weighted by Gasteiger charge is 2.23. The largest absolute Gasteiger partial charge is 0.381 e. The molecule has 1 aliphatic rings. The summed E-state index contributed by atoms with van der Waals surface area (Å²) < 4.78 is 5.43. The summed E-state index contributed by atoms with van der Waals surface area (Å²) in [5.41, 5.74) is 3.03. The van der Waals surface area contributed by atoms with Crippen molar-refractivity contribution in [2.45, 2.75) is 43.9 Å². The van der Waals surface area contributed by atoms with Crippen molar-refractivity contribution in [3.63, 3.8) is 0 Å². The molecule has 18 heavy (non-hydrogen) atoms. The van der Waals surface area contributed by atoms with Gasteiger partial charge in [-0.25, -0.2) is 0 Å². The summed E-state index contributed by atoms with van der Waals surface area (Å²) in [4.78, 5) is 0.468. The van der Waals surface area contributed by atoms with Crippen molar-refractivity contribution < 1.29 is 4.74 Å². The summed E-state index contributed by atoms with van der Waals surface area (Å²) in [5, 5.41) is 0. The second-order valence-electron chi connectivity index (χ2n) is 6.22. The van der Waals surface area contributed by atoms with E-state index >= 15 is 0 Å². The zero-order valence-electron chi connectivity index (χ0n) is 11.6. The molecule has 1 aromatic carbocycles. The summed E-state index contributed by atoms with van der Waals surface area (Å²) in [5.74, 6) is 0.708. The van der Waals surface area contributed by atoms with Crippen LogP contribution < -0.4 is 0 Å². The quantitative estimate of drug-likeness (QED) is 0.710. The Hall–Kier alpha value is -0.340. The lowest BCUT2D eigenvalue weighted by Crippen LogP contribution is -2.19. The van der Waals surface area contributed by atoms with E-state index < -0.39 is 0 Å². The van der Waals surface area contributed by atoms with E-state index in [9.17, 15) is 0 Å². The van der Waals surface area contributed by atoms with E-state index in [4.69, 9.17) is 4.74 Å². The van der Waals surface area contributed by atoms with Crippen molar-refractivity contribution in [1.29, 1.82) is 0 Å². The molecule has 0 radical (unpaired) electrons. The highest BCUT2D eigenvalue weighted by molar-refractivity contribution is 9.09. The number of alkyl halides is 1. The number of halogens is 1. The van der Waals surface area contributed by atoms with Gasteiger partial charge >= 0.3 is 0 Å². The molecule has 1 heterocycles. The van der Waals surface area contributed by atoms with Crippen LogP contribution in [0.2, 0.25) is 0 Å². The van der Waals surface area contributed by atoms with Gasteiger partial charge in [0, 0.05) is 18.0 Å². The first kappa shape index (κ1) is 14.1. The molecule has 0 saturated carbocycles. The second kappa shape index (κ2) is 5.75. The maximum Gasteiger partial charge on any atom is 0.0469 e. The van der Waals surface area contributed by atoms with E-state index in [-0.39, 0.29) is 5.41 Å². The maximum atomic E-state index is 5.43. The highest BCUT2D eigenvalue weighted by atomic mass is 79.9. The number of hydrogen-bond acceptors (Lipinski definition) is 1. The Bertz CT molecular complexity index is 371. The van der Waals surface area contributed by atoms with Gasteiger partial charge in [-0.15, -0.1) is 0 Å². The van der Waals surface area contributed by atoms with Gasteiger partial charge in [-0.2, -0.15) is 0 Å². The van der Waals surface area contributed by atoms with Crippen LogP contribution in [0.3, 0.4) is 0 Å². The fraction of sp³-hybridized carbons (Fsp3) is 0.625. The predicted octanol–water partition coefficient (Wildman–Crippen LogP) is 4.85. The van der Waals surface area contributed by atoms with Gasteiger partial charge in [-0.3, -0.25) is 0 Å². The van der Waals surface area contributed by atoms with Gasteiger partial charge in [0.15, 0.2) is 0 Å². The highest BCUT2D eigenvalue weighted by Crippen LogP contribution is 2.37. The van der Waals surface area contributed by atoms with Gasteiger partial charge in [-0.05, 0) is 35.3 Å². The second-order valence-corrected chi connectivity index (χ2v) is 7.21. The van der Waals surface area contributed by atoms with E-state index in [1.54, 1.807) is 0 Å². The molecule has 0 N–H and O–H groups in total. The monoisotopic (exact) mass is 310 g/mol. The van der Waals surface area contributed by atoms with Crippen LogP contribution in [0.1, 0.15) is 49.6 Å². The zero-order valence-corrected chi connectivity index (χ0v) is 13.2. The molecule has 1 unspecified atom stereocenters. The van der Waals surface area contributed by atoms with E-state index in [0.717, 1.165) is 26.1 Å². The Kier molecular flexibility index (Phi) is 4.50. The normalized spacial score (nSPS) is 19.8. The first-order valence-corrected chi connectivity index (χ1v) is 7.72. The summed E-state index contributed by atoms with van der Waals surface area (Å²) >= 11 is 3.87. The lowest BCUT2D eigenvalue weighted by Gasteiger charge is -2.27. The Morgan fingerprint density at radius 3 is 2.17 bits per heavy atom. The minimum Gasteiger partial charge on any atom is -0.381 e. The van der Waals surface area contributed by atoms with Crippen molar-refractivity contribution in [3.05, 3.63) is 35.4 Å². The van der Waals surface area contributed by atoms with Crippen LogP contribution in [0.25, 0.3) is 0 Å². The topological polar surface area (TPSA) is 9.23 Å². The number of ether oxygens (including phenoxy) is 1. The van der Waals surface area contributed by atoms with Crippen LogP contribution in [-0.4, -0.2) is 13.2 Å². The molecule has 0 aromatic heterocycles. The van der Waals surface area contributed by atoms with E-state index in [1.807, 2.05) is 0 Å². The SMILES string of the molecule is CC(C)(C)c1ccc(C(Br)C2CCOCC2)cc1. The third kappa shape index (κ3) is 3.36. The smallest absolute Gasteiger partial charge is 0.0469 e. The van der Waals surface area contributed by atoms with Crippen molar-refractivity contribution in [3.8, 4) is 0 Å². The van der Waals surface area contributed by atoms with Crippen molar-refractivity contribution in [2.75, 3.05) is 13.2 Å². The van der Waals surface area contributed by atoms with Crippen molar-refractivity contribution in [2.24, 2.45) is 5.92 Å². The fourth-order valence-electron chi connectivity index (χ4n) is 2.45. The fourth-order valence-corrected chi connectivity index (χ4v) is 3.28. The Balaban J connectivity index is 2.09. The van der Waals surface area contributed by atoms with Crippen LogP contribution in [0, 0.1) is 5.92 Å².